The number of rotatable bonds is 3. The highest BCUT2D eigenvalue weighted by Gasteiger charge is 2.33. The number of anilines is 1. The van der Waals surface area contributed by atoms with Crippen molar-refractivity contribution in [2.75, 3.05) is 24.5 Å². The van der Waals surface area contributed by atoms with Gasteiger partial charge in [0.2, 0.25) is 0 Å². The molecule has 1 fully saturated rings. The van der Waals surface area contributed by atoms with E-state index in [1.165, 1.54) is 0 Å². The Morgan fingerprint density at radius 3 is 2.14 bits per heavy atom. The van der Waals surface area contributed by atoms with Crippen LogP contribution >= 0.6 is 27.5 Å². The van der Waals surface area contributed by atoms with Gasteiger partial charge in [0.25, 0.3) is 0 Å². The predicted molar refractivity (Wildman–Crippen MR) is 148 cm³/mol. The van der Waals surface area contributed by atoms with Gasteiger partial charge in [-0.25, -0.2) is 4.79 Å². The van der Waals surface area contributed by atoms with Gasteiger partial charge in [-0.3, -0.25) is 0 Å². The minimum absolute atomic E-state index is 0.0405. The number of carbonyl (C=O) groups excluding carboxylic acids is 1. The van der Waals surface area contributed by atoms with Crippen molar-refractivity contribution in [2.24, 2.45) is 0 Å². The molecule has 0 N–H and O–H groups in total. The minimum Gasteiger partial charge on any atom is -0.485 e. The number of nitrogens with zero attached hydrogens (tertiary/aromatic N) is 4. The lowest BCUT2D eigenvalue weighted by atomic mass is 10.1. The zero-order valence-electron chi connectivity index (χ0n) is 23.0. The van der Waals surface area contributed by atoms with E-state index in [0.717, 1.165) is 5.39 Å². The van der Waals surface area contributed by atoms with Crippen molar-refractivity contribution in [3.63, 3.8) is 0 Å². The third-order valence-corrected chi connectivity index (χ3v) is 6.47. The summed E-state index contributed by atoms with van der Waals surface area (Å²) in [5.74, 6) is 1.22. The molecule has 0 spiro atoms. The van der Waals surface area contributed by atoms with E-state index < -0.39 is 16.8 Å². The summed E-state index contributed by atoms with van der Waals surface area (Å²) >= 11 is 10.2. The number of amides is 1. The average Bonchev–Trinajstić information content (AvgIpc) is 2.68. The second kappa shape index (κ2) is 10.0. The quantitative estimate of drug-likeness (QED) is 0.390. The number of aromatic nitrogens is 2. The molecule has 1 aromatic carbocycles. The number of ether oxygens (including phenoxy) is 3. The Morgan fingerprint density at radius 2 is 1.61 bits per heavy atom. The molecule has 0 unspecified atom stereocenters. The second-order valence-corrected chi connectivity index (χ2v) is 13.3. The molecule has 1 amide bonds. The van der Waals surface area contributed by atoms with Gasteiger partial charge in [-0.05, 0) is 91.2 Å². The van der Waals surface area contributed by atoms with Gasteiger partial charge in [0, 0.05) is 31.1 Å². The Labute approximate surface area is 227 Å². The van der Waals surface area contributed by atoms with Crippen LogP contribution in [0.2, 0.25) is 5.02 Å². The first kappa shape index (κ1) is 28.6. The molecular weight excluding hydrogens is 548 g/mol. The number of piperazine rings is 1. The molecule has 1 saturated heterocycles. The van der Waals surface area contributed by atoms with Gasteiger partial charge >= 0.3 is 12.1 Å². The van der Waals surface area contributed by atoms with Crippen LogP contribution in [-0.2, 0) is 4.74 Å². The Hall–Kier alpha value is -2.00. The molecule has 200 valence electrons. The van der Waals surface area contributed by atoms with E-state index in [-0.39, 0.29) is 18.1 Å². The molecular formula is C26H38BrClN4O4. The van der Waals surface area contributed by atoms with Crippen LogP contribution in [0.25, 0.3) is 10.9 Å². The van der Waals surface area contributed by atoms with Gasteiger partial charge in [-0.15, -0.1) is 0 Å². The van der Waals surface area contributed by atoms with Crippen molar-refractivity contribution in [3.05, 3.63) is 15.6 Å². The molecule has 1 atom stereocenters. The fourth-order valence-corrected chi connectivity index (χ4v) is 4.43. The molecule has 0 aliphatic carbocycles. The van der Waals surface area contributed by atoms with Gasteiger partial charge < -0.3 is 24.0 Å². The molecule has 10 heteroatoms. The van der Waals surface area contributed by atoms with Crippen molar-refractivity contribution in [1.29, 1.82) is 0 Å². The summed E-state index contributed by atoms with van der Waals surface area (Å²) in [7, 11) is 0. The van der Waals surface area contributed by atoms with Crippen LogP contribution in [0.1, 0.15) is 69.2 Å². The predicted octanol–water partition coefficient (Wildman–Crippen LogP) is 6.85. The number of hydrogen-bond donors (Lipinski definition) is 0. The van der Waals surface area contributed by atoms with E-state index in [4.69, 9.17) is 35.8 Å². The Morgan fingerprint density at radius 1 is 1.00 bits per heavy atom. The van der Waals surface area contributed by atoms with Crippen LogP contribution in [-0.4, -0.2) is 63.4 Å². The fraction of sp³-hybridized carbons (Fsp3) is 0.654. The van der Waals surface area contributed by atoms with Gasteiger partial charge in [0.15, 0.2) is 5.75 Å². The first-order chi connectivity index (χ1) is 16.3. The second-order valence-electron chi connectivity index (χ2n) is 12.1. The van der Waals surface area contributed by atoms with Crippen molar-refractivity contribution in [1.82, 2.24) is 14.9 Å². The molecule has 8 nitrogen and oxygen atoms in total. The summed E-state index contributed by atoms with van der Waals surface area (Å²) in [4.78, 5) is 26.2. The van der Waals surface area contributed by atoms with E-state index in [9.17, 15) is 4.79 Å². The number of hydrogen-bond acceptors (Lipinski definition) is 7. The van der Waals surface area contributed by atoms with Crippen LogP contribution < -0.4 is 14.4 Å². The number of halogens is 2. The normalized spacial score (nSPS) is 17.4. The van der Waals surface area contributed by atoms with Gasteiger partial charge in [-0.2, -0.15) is 9.97 Å². The van der Waals surface area contributed by atoms with Crippen LogP contribution in [0.4, 0.5) is 10.6 Å². The van der Waals surface area contributed by atoms with Gasteiger partial charge in [-0.1, -0.05) is 11.6 Å². The number of benzene rings is 1. The number of carbonyl (C=O) groups is 1. The smallest absolute Gasteiger partial charge is 0.410 e. The molecule has 0 bridgehead atoms. The topological polar surface area (TPSA) is 77.0 Å². The van der Waals surface area contributed by atoms with Crippen molar-refractivity contribution in [3.8, 4) is 11.8 Å². The van der Waals surface area contributed by atoms with E-state index in [2.05, 4.69) is 27.8 Å². The summed E-state index contributed by atoms with van der Waals surface area (Å²) in [5, 5.41) is 1.25. The maximum absolute atomic E-state index is 12.7. The summed E-state index contributed by atoms with van der Waals surface area (Å²) in [5.41, 5.74) is -0.927. The molecule has 1 aliphatic heterocycles. The summed E-state index contributed by atoms with van der Waals surface area (Å²) in [6, 6.07) is 2.06. The molecule has 3 rings (SSSR count). The van der Waals surface area contributed by atoms with Crippen LogP contribution in [0.3, 0.4) is 0 Å². The Kier molecular flexibility index (Phi) is 7.97. The molecule has 0 saturated carbocycles. The highest BCUT2D eigenvalue weighted by molar-refractivity contribution is 9.10. The first-order valence-corrected chi connectivity index (χ1v) is 13.3. The molecule has 1 aromatic heterocycles. The third kappa shape index (κ3) is 7.06. The van der Waals surface area contributed by atoms with Crippen molar-refractivity contribution < 1.29 is 19.0 Å². The van der Waals surface area contributed by atoms with Crippen molar-refractivity contribution >= 4 is 50.3 Å². The fourth-order valence-electron chi connectivity index (χ4n) is 3.85. The Bertz CT molecular complexity index is 1140. The Balaban J connectivity index is 2.11. The SMILES string of the molecule is C[C@H]1CN(C(=O)OC(C)(C)C)CCN1c1nc(OC(C)(C)C)nc2c(OC(C)(C)C)c(Br)c(Cl)cc12. The van der Waals surface area contributed by atoms with Crippen LogP contribution in [0.15, 0.2) is 10.5 Å². The molecule has 36 heavy (non-hydrogen) atoms. The van der Waals surface area contributed by atoms with Gasteiger partial charge in [0.05, 0.1) is 9.50 Å². The average molecular weight is 586 g/mol. The van der Waals surface area contributed by atoms with E-state index in [0.29, 0.717) is 46.2 Å². The lowest BCUT2D eigenvalue weighted by Gasteiger charge is -2.41. The summed E-state index contributed by atoms with van der Waals surface area (Å²) in [6.07, 6.45) is -0.314. The third-order valence-electron chi connectivity index (χ3n) is 5.16. The zero-order chi connectivity index (χ0) is 27.2. The first-order valence-electron chi connectivity index (χ1n) is 12.2. The standard InChI is InChI=1S/C26H38BrClN4O4/c1-15-14-31(23(33)36-26(8,9)10)11-12-32(15)21-16-13-17(28)18(27)20(34-24(2,3)4)19(16)29-22(30-21)35-25(5,6)7/h13,15H,11-12,14H2,1-10H3/t15-/m0/s1. The van der Waals surface area contributed by atoms with Gasteiger partial charge in [0.1, 0.15) is 28.1 Å². The van der Waals surface area contributed by atoms with Crippen molar-refractivity contribution in [2.45, 2.75) is 92.1 Å². The minimum atomic E-state index is -0.549. The molecule has 0 radical (unpaired) electrons. The van der Waals surface area contributed by atoms with E-state index in [1.54, 1.807) is 4.90 Å². The van der Waals surface area contributed by atoms with Crippen LogP contribution in [0, 0.1) is 0 Å². The lowest BCUT2D eigenvalue weighted by Crippen LogP contribution is -2.55. The number of fused-ring (bicyclic) bond motifs is 1. The molecule has 2 aromatic rings. The molecule has 2 heterocycles. The maximum atomic E-state index is 12.7. The summed E-state index contributed by atoms with van der Waals surface area (Å²) < 4.78 is 18.6. The summed E-state index contributed by atoms with van der Waals surface area (Å²) in [6.45, 7) is 21.0. The lowest BCUT2D eigenvalue weighted by molar-refractivity contribution is 0.0218. The highest BCUT2D eigenvalue weighted by Crippen LogP contribution is 2.44. The largest absolute Gasteiger partial charge is 0.485 e. The maximum Gasteiger partial charge on any atom is 0.410 e. The van der Waals surface area contributed by atoms with Crippen LogP contribution in [0.5, 0.6) is 11.8 Å². The zero-order valence-corrected chi connectivity index (χ0v) is 25.3. The van der Waals surface area contributed by atoms with E-state index >= 15 is 0 Å². The monoisotopic (exact) mass is 584 g/mol. The molecule has 1 aliphatic rings. The highest BCUT2D eigenvalue weighted by atomic mass is 79.9. The van der Waals surface area contributed by atoms with E-state index in [1.807, 2.05) is 68.4 Å².